The summed E-state index contributed by atoms with van der Waals surface area (Å²) in [5.41, 5.74) is 1.57. The topological polar surface area (TPSA) is 35.5 Å². The summed E-state index contributed by atoms with van der Waals surface area (Å²) in [5, 5.41) is 0. The van der Waals surface area contributed by atoms with Gasteiger partial charge in [-0.05, 0) is 42.0 Å². The van der Waals surface area contributed by atoms with Crippen LogP contribution in [0.3, 0.4) is 0 Å². The van der Waals surface area contributed by atoms with Crippen LogP contribution < -0.4 is 9.47 Å². The Morgan fingerprint density at radius 3 is 2.48 bits per heavy atom. The van der Waals surface area contributed by atoms with Crippen molar-refractivity contribution in [3.05, 3.63) is 64.1 Å². The molecular formula is C17H13BrO3. The molecule has 3 nitrogen and oxygen atoms in total. The molecule has 0 unspecified atom stereocenters. The molecule has 0 atom stereocenters. The fraction of sp³-hybridized carbons (Fsp3) is 0.118. The number of rotatable bonds is 3. The average molecular weight is 345 g/mol. The Kier molecular flexibility index (Phi) is 4.06. The lowest BCUT2D eigenvalue weighted by molar-refractivity contribution is 0.104. The molecule has 0 N–H and O–H groups in total. The summed E-state index contributed by atoms with van der Waals surface area (Å²) in [7, 11) is 0. The van der Waals surface area contributed by atoms with Gasteiger partial charge in [0, 0.05) is 10.0 Å². The number of ether oxygens (including phenoxy) is 2. The van der Waals surface area contributed by atoms with Gasteiger partial charge in [-0.3, -0.25) is 4.79 Å². The molecule has 106 valence electrons. The number of carbonyl (C=O) groups excluding carboxylic acids is 1. The van der Waals surface area contributed by atoms with Crippen LogP contribution in [0.15, 0.2) is 53.0 Å². The van der Waals surface area contributed by atoms with E-state index < -0.39 is 0 Å². The highest BCUT2D eigenvalue weighted by atomic mass is 79.9. The van der Waals surface area contributed by atoms with Crippen LogP contribution >= 0.6 is 15.9 Å². The third-order valence-electron chi connectivity index (χ3n) is 3.12. The molecule has 1 aliphatic rings. The van der Waals surface area contributed by atoms with E-state index in [0.717, 1.165) is 10.0 Å². The van der Waals surface area contributed by atoms with Crippen molar-refractivity contribution in [3.63, 3.8) is 0 Å². The third kappa shape index (κ3) is 3.34. The average Bonchev–Trinajstić information content (AvgIpc) is 2.53. The van der Waals surface area contributed by atoms with E-state index in [0.29, 0.717) is 30.3 Å². The first-order chi connectivity index (χ1) is 10.2. The van der Waals surface area contributed by atoms with E-state index >= 15 is 0 Å². The zero-order valence-corrected chi connectivity index (χ0v) is 12.8. The Bertz CT molecular complexity index is 690. The molecule has 0 fully saturated rings. The van der Waals surface area contributed by atoms with Gasteiger partial charge in [-0.25, -0.2) is 0 Å². The van der Waals surface area contributed by atoms with Gasteiger partial charge in [0.2, 0.25) is 0 Å². The number of halogens is 1. The molecule has 0 bridgehead atoms. The molecule has 2 aromatic carbocycles. The Hall–Kier alpha value is -2.07. The zero-order chi connectivity index (χ0) is 14.7. The summed E-state index contributed by atoms with van der Waals surface area (Å²) < 4.78 is 11.9. The number of carbonyl (C=O) groups is 1. The van der Waals surface area contributed by atoms with Crippen molar-refractivity contribution < 1.29 is 14.3 Å². The lowest BCUT2D eigenvalue weighted by atomic mass is 10.1. The molecular weight excluding hydrogens is 332 g/mol. The van der Waals surface area contributed by atoms with E-state index in [4.69, 9.17) is 9.47 Å². The minimum absolute atomic E-state index is 0.0603. The number of hydrogen-bond donors (Lipinski definition) is 0. The summed E-state index contributed by atoms with van der Waals surface area (Å²) in [5.74, 6) is 1.26. The molecule has 0 radical (unpaired) electrons. The van der Waals surface area contributed by atoms with Crippen LogP contribution in [0.25, 0.3) is 6.08 Å². The van der Waals surface area contributed by atoms with Crippen LogP contribution in [-0.2, 0) is 0 Å². The van der Waals surface area contributed by atoms with Gasteiger partial charge in [0.25, 0.3) is 0 Å². The molecule has 21 heavy (non-hydrogen) atoms. The largest absolute Gasteiger partial charge is 0.486 e. The SMILES string of the molecule is O=C(/C=C\c1ccc(Br)cc1)c1ccc2c(c1)OCCO2. The number of fused-ring (bicyclic) bond motifs is 1. The van der Waals surface area contributed by atoms with Crippen LogP contribution in [0.4, 0.5) is 0 Å². The highest BCUT2D eigenvalue weighted by Gasteiger charge is 2.13. The first-order valence-corrected chi connectivity index (χ1v) is 7.39. The van der Waals surface area contributed by atoms with Gasteiger partial charge in [0.05, 0.1) is 0 Å². The second-order valence-corrected chi connectivity index (χ2v) is 5.52. The van der Waals surface area contributed by atoms with E-state index in [1.54, 1.807) is 30.4 Å². The molecule has 0 saturated heterocycles. The normalized spacial score (nSPS) is 13.4. The standard InChI is InChI=1S/C17H13BrO3/c18-14-5-1-12(2-6-14)3-7-15(19)13-4-8-16-17(11-13)21-10-9-20-16/h1-8,11H,9-10H2/b7-3-. The summed E-state index contributed by atoms with van der Waals surface area (Å²) in [4.78, 5) is 12.2. The number of allylic oxidation sites excluding steroid dienone is 1. The van der Waals surface area contributed by atoms with Crippen LogP contribution in [0.1, 0.15) is 15.9 Å². The van der Waals surface area contributed by atoms with E-state index in [1.165, 1.54) is 0 Å². The maximum absolute atomic E-state index is 12.2. The third-order valence-corrected chi connectivity index (χ3v) is 3.65. The van der Waals surface area contributed by atoms with Crippen LogP contribution in [0.2, 0.25) is 0 Å². The fourth-order valence-electron chi connectivity index (χ4n) is 2.04. The Morgan fingerprint density at radius 1 is 1.00 bits per heavy atom. The molecule has 2 aromatic rings. The highest BCUT2D eigenvalue weighted by Crippen LogP contribution is 2.30. The smallest absolute Gasteiger partial charge is 0.185 e. The van der Waals surface area contributed by atoms with Crippen LogP contribution in [0, 0.1) is 0 Å². The maximum Gasteiger partial charge on any atom is 0.185 e. The van der Waals surface area contributed by atoms with Crippen molar-refractivity contribution in [1.82, 2.24) is 0 Å². The second kappa shape index (κ2) is 6.14. The Morgan fingerprint density at radius 2 is 1.71 bits per heavy atom. The highest BCUT2D eigenvalue weighted by molar-refractivity contribution is 9.10. The van der Waals surface area contributed by atoms with Crippen molar-refractivity contribution in [3.8, 4) is 11.5 Å². The van der Waals surface area contributed by atoms with Crippen LogP contribution in [0.5, 0.6) is 11.5 Å². The second-order valence-electron chi connectivity index (χ2n) is 4.61. The molecule has 0 aliphatic carbocycles. The van der Waals surface area contributed by atoms with Crippen molar-refractivity contribution in [2.45, 2.75) is 0 Å². The summed E-state index contributed by atoms with van der Waals surface area (Å²) in [6.07, 6.45) is 3.36. The zero-order valence-electron chi connectivity index (χ0n) is 11.2. The number of ketones is 1. The molecule has 1 aliphatic heterocycles. The minimum atomic E-state index is -0.0603. The van der Waals surface area contributed by atoms with Gasteiger partial charge in [-0.15, -0.1) is 0 Å². The van der Waals surface area contributed by atoms with Crippen molar-refractivity contribution >= 4 is 27.8 Å². The van der Waals surface area contributed by atoms with E-state index in [1.807, 2.05) is 24.3 Å². The van der Waals surface area contributed by atoms with Crippen molar-refractivity contribution in [2.75, 3.05) is 13.2 Å². The lowest BCUT2D eigenvalue weighted by Gasteiger charge is -2.18. The first-order valence-electron chi connectivity index (χ1n) is 6.60. The van der Waals surface area contributed by atoms with Crippen molar-refractivity contribution in [1.29, 1.82) is 0 Å². The summed E-state index contributed by atoms with van der Waals surface area (Å²) in [6, 6.07) is 13.0. The van der Waals surface area contributed by atoms with E-state index in [2.05, 4.69) is 15.9 Å². The molecule has 0 aromatic heterocycles. The Balaban J connectivity index is 1.77. The lowest BCUT2D eigenvalue weighted by Crippen LogP contribution is -2.15. The summed E-state index contributed by atoms with van der Waals surface area (Å²) in [6.45, 7) is 1.06. The van der Waals surface area contributed by atoms with Gasteiger partial charge < -0.3 is 9.47 Å². The van der Waals surface area contributed by atoms with Gasteiger partial charge in [-0.1, -0.05) is 34.1 Å². The van der Waals surface area contributed by atoms with E-state index in [-0.39, 0.29) is 5.78 Å². The van der Waals surface area contributed by atoms with Gasteiger partial charge in [0.15, 0.2) is 17.3 Å². The van der Waals surface area contributed by atoms with Crippen molar-refractivity contribution in [2.24, 2.45) is 0 Å². The molecule has 0 amide bonds. The monoisotopic (exact) mass is 344 g/mol. The quantitative estimate of drug-likeness (QED) is 0.620. The minimum Gasteiger partial charge on any atom is -0.486 e. The molecule has 1 heterocycles. The molecule has 4 heteroatoms. The Labute approximate surface area is 131 Å². The fourth-order valence-corrected chi connectivity index (χ4v) is 2.30. The van der Waals surface area contributed by atoms with Gasteiger partial charge >= 0.3 is 0 Å². The molecule has 0 spiro atoms. The van der Waals surface area contributed by atoms with Crippen LogP contribution in [-0.4, -0.2) is 19.0 Å². The predicted molar refractivity (Wildman–Crippen MR) is 84.9 cm³/mol. The number of benzene rings is 2. The summed E-state index contributed by atoms with van der Waals surface area (Å²) >= 11 is 3.38. The van der Waals surface area contributed by atoms with E-state index in [9.17, 15) is 4.79 Å². The van der Waals surface area contributed by atoms with Gasteiger partial charge in [-0.2, -0.15) is 0 Å². The first kappa shape index (κ1) is 13.9. The predicted octanol–water partition coefficient (Wildman–Crippen LogP) is 4.12. The molecule has 3 rings (SSSR count). The number of hydrogen-bond acceptors (Lipinski definition) is 3. The maximum atomic E-state index is 12.2. The van der Waals surface area contributed by atoms with Gasteiger partial charge in [0.1, 0.15) is 13.2 Å². The molecule has 0 saturated carbocycles.